The Morgan fingerprint density at radius 3 is 2.65 bits per heavy atom. The van der Waals surface area contributed by atoms with E-state index in [4.69, 9.17) is 5.11 Å². The highest BCUT2D eigenvalue weighted by atomic mass is 32.2. The van der Waals surface area contributed by atoms with Gasteiger partial charge in [-0.2, -0.15) is 0 Å². The van der Waals surface area contributed by atoms with Crippen LogP contribution in [0, 0.1) is 0 Å². The third-order valence-corrected chi connectivity index (χ3v) is 5.34. The molecule has 0 aromatic heterocycles. The van der Waals surface area contributed by atoms with E-state index < -0.39 is 39.9 Å². The van der Waals surface area contributed by atoms with Crippen LogP contribution in [0.3, 0.4) is 0 Å². The van der Waals surface area contributed by atoms with E-state index in [-0.39, 0.29) is 30.9 Å². The number of likely N-dealkylation sites (tertiary alicyclic amines) is 1. The van der Waals surface area contributed by atoms with Crippen molar-refractivity contribution in [1.29, 1.82) is 0 Å². The first-order valence-electron chi connectivity index (χ1n) is 6.42. The molecule has 0 radical (unpaired) electrons. The molecular weight excluding hydrogens is 288 g/mol. The van der Waals surface area contributed by atoms with E-state index in [0.29, 0.717) is 6.54 Å². The van der Waals surface area contributed by atoms with E-state index >= 15 is 0 Å². The number of carboxylic acids is 1. The van der Waals surface area contributed by atoms with Crippen molar-refractivity contribution in [3.8, 4) is 0 Å². The number of rotatable bonds is 3. The van der Waals surface area contributed by atoms with Crippen molar-refractivity contribution in [3.05, 3.63) is 0 Å². The van der Waals surface area contributed by atoms with Crippen LogP contribution >= 0.6 is 0 Å². The second-order valence-electron chi connectivity index (χ2n) is 5.26. The van der Waals surface area contributed by atoms with Crippen LogP contribution in [0.15, 0.2) is 0 Å². The maximum Gasteiger partial charge on any atom is 0.326 e. The summed E-state index contributed by atoms with van der Waals surface area (Å²) in [6.07, 6.45) is -0.907. The number of nitrogens with zero attached hydrogens (tertiary/aromatic N) is 1. The van der Waals surface area contributed by atoms with Gasteiger partial charge in [0.25, 0.3) is 0 Å². The highest BCUT2D eigenvalue weighted by molar-refractivity contribution is 7.91. The van der Waals surface area contributed by atoms with Gasteiger partial charge in [-0.25, -0.2) is 13.2 Å². The number of amides is 1. The molecule has 114 valence electrons. The molecular formula is C11H18N2O6S. The number of nitrogens with one attached hydrogen (secondary N) is 1. The normalized spacial score (nSPS) is 33.0. The van der Waals surface area contributed by atoms with E-state index in [1.165, 1.54) is 0 Å². The fraction of sp³-hybridized carbons (Fsp3) is 0.818. The maximum absolute atomic E-state index is 12.1. The molecule has 0 saturated carbocycles. The minimum Gasteiger partial charge on any atom is -0.480 e. The number of carbonyl (C=O) groups is 2. The van der Waals surface area contributed by atoms with E-state index in [1.807, 2.05) is 0 Å². The van der Waals surface area contributed by atoms with Crippen molar-refractivity contribution in [2.24, 2.45) is 0 Å². The summed E-state index contributed by atoms with van der Waals surface area (Å²) >= 11 is 0. The van der Waals surface area contributed by atoms with Crippen LogP contribution in [0.2, 0.25) is 0 Å². The topological polar surface area (TPSA) is 124 Å². The van der Waals surface area contributed by atoms with Crippen LogP contribution in [-0.4, -0.2) is 78.2 Å². The summed E-state index contributed by atoms with van der Waals surface area (Å²) in [6.45, 7) is 0.278. The number of carbonyl (C=O) groups excluding carboxylic acids is 1. The molecule has 3 N–H and O–H groups in total. The van der Waals surface area contributed by atoms with Crippen molar-refractivity contribution in [1.82, 2.24) is 10.2 Å². The van der Waals surface area contributed by atoms with E-state index in [1.54, 1.807) is 0 Å². The van der Waals surface area contributed by atoms with Gasteiger partial charge in [0, 0.05) is 32.0 Å². The summed E-state index contributed by atoms with van der Waals surface area (Å²) in [5, 5.41) is 21.5. The Hall–Kier alpha value is -1.19. The molecule has 2 heterocycles. The van der Waals surface area contributed by atoms with Gasteiger partial charge in [-0.05, 0) is 0 Å². The second-order valence-corrected chi connectivity index (χ2v) is 7.49. The molecule has 9 heteroatoms. The van der Waals surface area contributed by atoms with Gasteiger partial charge in [-0.15, -0.1) is 0 Å². The fourth-order valence-corrected chi connectivity index (χ4v) is 4.09. The fourth-order valence-electron chi connectivity index (χ4n) is 2.65. The standard InChI is InChI=1S/C11H18N2O6S/c14-8-4-9(11(16)17)13(5-8)10(15)3-7-6-20(18,19)2-1-12-7/h7-9,12,14H,1-6H2,(H,16,17)/t7?,8-,9-/m0/s1. The minimum atomic E-state index is -3.14. The van der Waals surface area contributed by atoms with Crippen molar-refractivity contribution >= 4 is 21.7 Å². The Labute approximate surface area is 116 Å². The lowest BCUT2D eigenvalue weighted by molar-refractivity contribution is -0.148. The summed E-state index contributed by atoms with van der Waals surface area (Å²) in [5.41, 5.74) is 0. The lowest BCUT2D eigenvalue weighted by Gasteiger charge is -2.27. The quantitative estimate of drug-likeness (QED) is 0.541. The molecule has 2 rings (SSSR count). The number of hydrogen-bond acceptors (Lipinski definition) is 6. The Morgan fingerprint density at radius 1 is 1.35 bits per heavy atom. The molecule has 8 nitrogen and oxygen atoms in total. The molecule has 0 aromatic carbocycles. The van der Waals surface area contributed by atoms with Gasteiger partial charge in [0.1, 0.15) is 6.04 Å². The summed E-state index contributed by atoms with van der Waals surface area (Å²) < 4.78 is 23.0. The first kappa shape index (κ1) is 15.2. The number of aliphatic carboxylic acids is 1. The van der Waals surface area contributed by atoms with E-state index in [2.05, 4.69) is 5.32 Å². The molecule has 2 fully saturated rings. The summed E-state index contributed by atoms with van der Waals surface area (Å²) in [4.78, 5) is 24.3. The molecule has 2 saturated heterocycles. The van der Waals surface area contributed by atoms with Crippen LogP contribution < -0.4 is 5.32 Å². The predicted molar refractivity (Wildman–Crippen MR) is 68.8 cm³/mol. The summed E-state index contributed by atoms with van der Waals surface area (Å²) in [7, 11) is -3.14. The Balaban J connectivity index is 1.99. The average Bonchev–Trinajstić information content (AvgIpc) is 2.70. The largest absolute Gasteiger partial charge is 0.480 e. The Kier molecular flexibility index (Phi) is 4.31. The monoisotopic (exact) mass is 306 g/mol. The van der Waals surface area contributed by atoms with Gasteiger partial charge >= 0.3 is 5.97 Å². The van der Waals surface area contributed by atoms with Crippen LogP contribution in [0.25, 0.3) is 0 Å². The molecule has 0 aliphatic carbocycles. The van der Waals surface area contributed by atoms with Crippen LogP contribution in [0.5, 0.6) is 0 Å². The number of sulfone groups is 1. The molecule has 0 spiro atoms. The number of β-amino-alcohol motifs (C(OH)–C–C–N with tert-alkyl or cyclic N) is 1. The van der Waals surface area contributed by atoms with Gasteiger partial charge in [-0.3, -0.25) is 4.79 Å². The molecule has 2 aliphatic heterocycles. The summed E-state index contributed by atoms with van der Waals surface area (Å²) in [5.74, 6) is -1.66. The zero-order chi connectivity index (χ0) is 14.9. The predicted octanol–water partition coefficient (Wildman–Crippen LogP) is -2.19. The first-order chi connectivity index (χ1) is 9.28. The van der Waals surface area contributed by atoms with Gasteiger partial charge in [0.2, 0.25) is 5.91 Å². The number of hydrogen-bond donors (Lipinski definition) is 3. The highest BCUT2D eigenvalue weighted by Gasteiger charge is 2.39. The van der Waals surface area contributed by atoms with E-state index in [9.17, 15) is 23.1 Å². The second kappa shape index (κ2) is 5.66. The number of aliphatic hydroxyl groups excluding tert-OH is 1. The number of aliphatic hydroxyl groups is 1. The van der Waals surface area contributed by atoms with E-state index in [0.717, 1.165) is 4.90 Å². The van der Waals surface area contributed by atoms with Crippen LogP contribution in [-0.2, 0) is 19.4 Å². The zero-order valence-electron chi connectivity index (χ0n) is 10.9. The maximum atomic E-state index is 12.1. The molecule has 2 aliphatic rings. The van der Waals surface area contributed by atoms with Crippen LogP contribution in [0.4, 0.5) is 0 Å². The van der Waals surface area contributed by atoms with Crippen molar-refractivity contribution < 1.29 is 28.2 Å². The first-order valence-corrected chi connectivity index (χ1v) is 8.25. The third-order valence-electron chi connectivity index (χ3n) is 3.61. The molecule has 0 aromatic rings. The van der Waals surface area contributed by atoms with Crippen molar-refractivity contribution in [2.45, 2.75) is 31.0 Å². The van der Waals surface area contributed by atoms with Crippen molar-refractivity contribution in [2.75, 3.05) is 24.6 Å². The lowest BCUT2D eigenvalue weighted by Crippen LogP contribution is -2.49. The third kappa shape index (κ3) is 3.47. The highest BCUT2D eigenvalue weighted by Crippen LogP contribution is 2.20. The number of carboxylic acid groups (broad SMARTS) is 1. The van der Waals surface area contributed by atoms with Crippen molar-refractivity contribution in [3.63, 3.8) is 0 Å². The molecule has 3 atom stereocenters. The van der Waals surface area contributed by atoms with Gasteiger partial charge < -0.3 is 20.4 Å². The molecule has 1 unspecified atom stereocenters. The Morgan fingerprint density at radius 2 is 2.05 bits per heavy atom. The Bertz CT molecular complexity index is 505. The zero-order valence-corrected chi connectivity index (χ0v) is 11.7. The average molecular weight is 306 g/mol. The summed E-state index contributed by atoms with van der Waals surface area (Å²) in [6, 6.07) is -1.52. The minimum absolute atomic E-state index is 0.0114. The van der Waals surface area contributed by atoms with Crippen LogP contribution in [0.1, 0.15) is 12.8 Å². The SMILES string of the molecule is O=C(O)[C@@H]1C[C@H](O)CN1C(=O)CC1CS(=O)(=O)CCN1. The smallest absolute Gasteiger partial charge is 0.326 e. The lowest BCUT2D eigenvalue weighted by atomic mass is 10.1. The molecule has 20 heavy (non-hydrogen) atoms. The molecule has 1 amide bonds. The van der Waals surface area contributed by atoms with Gasteiger partial charge in [-0.1, -0.05) is 0 Å². The van der Waals surface area contributed by atoms with Gasteiger partial charge in [0.05, 0.1) is 17.6 Å². The molecule has 0 bridgehead atoms. The van der Waals surface area contributed by atoms with Gasteiger partial charge in [0.15, 0.2) is 9.84 Å².